The summed E-state index contributed by atoms with van der Waals surface area (Å²) in [6.07, 6.45) is 4.02. The molecule has 0 spiro atoms. The number of fused-ring (bicyclic) bond motifs is 3. The van der Waals surface area contributed by atoms with E-state index in [0.29, 0.717) is 11.4 Å². The van der Waals surface area contributed by atoms with Crippen LogP contribution in [0, 0.1) is 0 Å². The van der Waals surface area contributed by atoms with Gasteiger partial charge in [0.1, 0.15) is 0 Å². The van der Waals surface area contributed by atoms with Gasteiger partial charge >= 0.3 is 0 Å². The molecule has 0 amide bonds. The number of aromatic nitrogens is 2. The van der Waals surface area contributed by atoms with Crippen LogP contribution in [0.3, 0.4) is 0 Å². The molecule has 4 heteroatoms. The Morgan fingerprint density at radius 3 is 3.00 bits per heavy atom. The van der Waals surface area contributed by atoms with Gasteiger partial charge in [-0.15, -0.1) is 0 Å². The fraction of sp³-hybridized carbons (Fsp3) is 0.143. The zero-order valence-electron chi connectivity index (χ0n) is 9.48. The van der Waals surface area contributed by atoms with Crippen molar-refractivity contribution in [3.05, 3.63) is 41.2 Å². The van der Waals surface area contributed by atoms with E-state index in [-0.39, 0.29) is 5.78 Å². The summed E-state index contributed by atoms with van der Waals surface area (Å²) in [5.74, 6) is 0.175. The lowest BCUT2D eigenvalue weighted by molar-refractivity contribution is 0.0973. The average Bonchev–Trinajstić information content (AvgIpc) is 2.69. The molecule has 0 unspecified atom stereocenters. The second kappa shape index (κ2) is 3.33. The summed E-state index contributed by atoms with van der Waals surface area (Å²) >= 11 is 6.06. The number of Topliss-reactive ketones (excluding diaryl/α,β-unsaturated/α-hetero) is 1. The summed E-state index contributed by atoms with van der Waals surface area (Å²) in [7, 11) is 0. The SMILES string of the molecule is O=C1CCn2c3ccc(Cl)cc3c3cncc1c32. The molecule has 0 fully saturated rings. The fourth-order valence-corrected chi connectivity index (χ4v) is 2.98. The molecular formula is C14H9ClN2O. The Labute approximate surface area is 108 Å². The number of ketones is 1. The predicted octanol–water partition coefficient (Wildman–Crippen LogP) is 3.43. The number of hydrogen-bond acceptors (Lipinski definition) is 2. The highest BCUT2D eigenvalue weighted by Crippen LogP contribution is 2.34. The second-order valence-corrected chi connectivity index (χ2v) is 5.01. The molecular weight excluding hydrogens is 248 g/mol. The maximum Gasteiger partial charge on any atom is 0.168 e. The van der Waals surface area contributed by atoms with Crippen molar-refractivity contribution in [1.29, 1.82) is 0 Å². The molecule has 1 aliphatic heterocycles. The van der Waals surface area contributed by atoms with Gasteiger partial charge in [0, 0.05) is 46.7 Å². The Morgan fingerprint density at radius 2 is 2.11 bits per heavy atom. The van der Waals surface area contributed by atoms with Gasteiger partial charge in [0.25, 0.3) is 0 Å². The lowest BCUT2D eigenvalue weighted by Gasteiger charge is -2.14. The molecule has 0 aliphatic carbocycles. The van der Waals surface area contributed by atoms with Gasteiger partial charge in [-0.2, -0.15) is 0 Å². The van der Waals surface area contributed by atoms with E-state index in [1.165, 1.54) is 0 Å². The number of nitrogens with zero attached hydrogens (tertiary/aromatic N) is 2. The van der Waals surface area contributed by atoms with Gasteiger partial charge < -0.3 is 4.57 Å². The number of carbonyl (C=O) groups is 1. The fourth-order valence-electron chi connectivity index (χ4n) is 2.81. The smallest absolute Gasteiger partial charge is 0.168 e. The van der Waals surface area contributed by atoms with Gasteiger partial charge in [0.05, 0.1) is 11.1 Å². The highest BCUT2D eigenvalue weighted by atomic mass is 35.5. The first kappa shape index (κ1) is 10.1. The Balaban J connectivity index is 2.32. The van der Waals surface area contributed by atoms with Crippen molar-refractivity contribution in [2.75, 3.05) is 0 Å². The van der Waals surface area contributed by atoms with E-state index >= 15 is 0 Å². The highest BCUT2D eigenvalue weighted by Gasteiger charge is 2.22. The summed E-state index contributed by atoms with van der Waals surface area (Å²) in [6, 6.07) is 5.84. The van der Waals surface area contributed by atoms with Gasteiger partial charge in [0.15, 0.2) is 5.78 Å². The maximum atomic E-state index is 11.9. The quantitative estimate of drug-likeness (QED) is 0.618. The minimum Gasteiger partial charge on any atom is -0.339 e. The van der Waals surface area contributed by atoms with Gasteiger partial charge in [-0.25, -0.2) is 0 Å². The van der Waals surface area contributed by atoms with Crippen molar-refractivity contribution >= 4 is 39.2 Å². The van der Waals surface area contributed by atoms with Crippen LogP contribution in [0.5, 0.6) is 0 Å². The number of hydrogen-bond donors (Lipinski definition) is 0. The summed E-state index contributed by atoms with van der Waals surface area (Å²) in [4.78, 5) is 16.1. The third kappa shape index (κ3) is 1.14. The number of halogens is 1. The Kier molecular flexibility index (Phi) is 1.87. The van der Waals surface area contributed by atoms with E-state index in [1.807, 2.05) is 24.4 Å². The first-order valence-corrected chi connectivity index (χ1v) is 6.22. The summed E-state index contributed by atoms with van der Waals surface area (Å²) in [5, 5.41) is 2.79. The Morgan fingerprint density at radius 1 is 1.22 bits per heavy atom. The van der Waals surface area contributed by atoms with Crippen LogP contribution >= 0.6 is 11.6 Å². The van der Waals surface area contributed by atoms with Gasteiger partial charge in [-0.05, 0) is 18.2 Å². The average molecular weight is 257 g/mol. The van der Waals surface area contributed by atoms with Crippen molar-refractivity contribution < 1.29 is 4.79 Å². The van der Waals surface area contributed by atoms with E-state index in [2.05, 4.69) is 9.55 Å². The van der Waals surface area contributed by atoms with Crippen LogP contribution in [-0.4, -0.2) is 15.3 Å². The molecule has 0 atom stereocenters. The molecule has 3 aromatic rings. The van der Waals surface area contributed by atoms with Crippen molar-refractivity contribution in [2.24, 2.45) is 0 Å². The lowest BCUT2D eigenvalue weighted by atomic mass is 10.0. The molecule has 0 radical (unpaired) electrons. The Hall–Kier alpha value is -1.87. The first-order chi connectivity index (χ1) is 8.75. The topological polar surface area (TPSA) is 34.9 Å². The van der Waals surface area contributed by atoms with Crippen molar-refractivity contribution in [3.8, 4) is 0 Å². The second-order valence-electron chi connectivity index (χ2n) is 4.57. The van der Waals surface area contributed by atoms with Gasteiger partial charge in [0.2, 0.25) is 0 Å². The summed E-state index contributed by atoms with van der Waals surface area (Å²) in [5.41, 5.74) is 2.85. The summed E-state index contributed by atoms with van der Waals surface area (Å²) in [6.45, 7) is 0.734. The number of benzene rings is 1. The third-order valence-corrected chi connectivity index (χ3v) is 3.82. The monoisotopic (exact) mass is 256 g/mol. The molecule has 0 N–H and O–H groups in total. The minimum absolute atomic E-state index is 0.175. The number of aryl methyl sites for hydroxylation is 1. The van der Waals surface area contributed by atoms with Crippen LogP contribution in [0.4, 0.5) is 0 Å². The molecule has 0 bridgehead atoms. The molecule has 88 valence electrons. The predicted molar refractivity (Wildman–Crippen MR) is 71.2 cm³/mol. The zero-order valence-corrected chi connectivity index (χ0v) is 10.2. The van der Waals surface area contributed by atoms with Gasteiger partial charge in [-0.1, -0.05) is 11.6 Å². The molecule has 0 saturated carbocycles. The van der Waals surface area contributed by atoms with Crippen LogP contribution < -0.4 is 0 Å². The standard InChI is InChI=1S/C14H9ClN2O/c15-8-1-2-12-9(5-8)10-6-16-7-11-13(18)3-4-17(12)14(10)11/h1-2,5-7H,3-4H2. The van der Waals surface area contributed by atoms with E-state index in [9.17, 15) is 4.79 Å². The number of carbonyl (C=O) groups excluding carboxylic acids is 1. The van der Waals surface area contributed by atoms with Crippen molar-refractivity contribution in [2.45, 2.75) is 13.0 Å². The maximum absolute atomic E-state index is 11.9. The van der Waals surface area contributed by atoms with E-state index < -0.39 is 0 Å². The molecule has 18 heavy (non-hydrogen) atoms. The molecule has 2 aromatic heterocycles. The highest BCUT2D eigenvalue weighted by molar-refractivity contribution is 6.32. The normalized spacial score (nSPS) is 14.6. The lowest BCUT2D eigenvalue weighted by Crippen LogP contribution is -2.14. The summed E-state index contributed by atoms with van der Waals surface area (Å²) < 4.78 is 2.19. The number of rotatable bonds is 0. The van der Waals surface area contributed by atoms with Crippen molar-refractivity contribution in [3.63, 3.8) is 0 Å². The minimum atomic E-state index is 0.175. The van der Waals surface area contributed by atoms with E-state index in [4.69, 9.17) is 11.6 Å². The van der Waals surface area contributed by atoms with Crippen LogP contribution in [0.25, 0.3) is 21.8 Å². The molecule has 4 rings (SSSR count). The van der Waals surface area contributed by atoms with Crippen LogP contribution in [-0.2, 0) is 6.54 Å². The van der Waals surface area contributed by atoms with E-state index in [1.54, 1.807) is 6.20 Å². The zero-order chi connectivity index (χ0) is 12.3. The van der Waals surface area contributed by atoms with Gasteiger partial charge in [-0.3, -0.25) is 9.78 Å². The van der Waals surface area contributed by atoms with Crippen LogP contribution in [0.15, 0.2) is 30.6 Å². The first-order valence-electron chi connectivity index (χ1n) is 5.84. The van der Waals surface area contributed by atoms with Crippen molar-refractivity contribution in [1.82, 2.24) is 9.55 Å². The Bertz CT molecular complexity index is 819. The molecule has 1 aliphatic rings. The van der Waals surface area contributed by atoms with Crippen LogP contribution in [0.2, 0.25) is 5.02 Å². The number of pyridine rings is 1. The van der Waals surface area contributed by atoms with Crippen LogP contribution in [0.1, 0.15) is 16.8 Å². The molecule has 0 saturated heterocycles. The molecule has 3 nitrogen and oxygen atoms in total. The largest absolute Gasteiger partial charge is 0.339 e. The molecule has 3 heterocycles. The third-order valence-electron chi connectivity index (χ3n) is 3.59. The van der Waals surface area contributed by atoms with E-state index in [0.717, 1.165) is 33.9 Å². The molecule has 1 aromatic carbocycles.